The Labute approximate surface area is 146 Å². The van der Waals surface area contributed by atoms with Crippen molar-refractivity contribution in [1.82, 2.24) is 0 Å². The Morgan fingerprint density at radius 3 is 1.79 bits per heavy atom. The number of methoxy groups -OCH3 is 2. The van der Waals surface area contributed by atoms with Crippen LogP contribution in [0, 0.1) is 13.8 Å². The summed E-state index contributed by atoms with van der Waals surface area (Å²) in [7, 11) is 3.49. The van der Waals surface area contributed by atoms with Crippen LogP contribution in [0.15, 0.2) is 24.3 Å². The van der Waals surface area contributed by atoms with Gasteiger partial charge in [0.05, 0.1) is 14.2 Å². The van der Waals surface area contributed by atoms with Crippen LogP contribution in [0.4, 0.5) is 0 Å². The van der Waals surface area contributed by atoms with Crippen LogP contribution in [0.1, 0.15) is 61.8 Å². The van der Waals surface area contributed by atoms with Crippen LogP contribution in [-0.4, -0.2) is 14.2 Å². The summed E-state index contributed by atoms with van der Waals surface area (Å²) in [6.45, 7) is 13.2. The molecule has 0 aliphatic rings. The van der Waals surface area contributed by atoms with Gasteiger partial charge in [0.2, 0.25) is 0 Å². The van der Waals surface area contributed by atoms with E-state index in [2.05, 4.69) is 65.8 Å². The average Bonchev–Trinajstić information content (AvgIpc) is 2.53. The Bertz CT molecular complexity index is 727. The zero-order chi connectivity index (χ0) is 18.0. The van der Waals surface area contributed by atoms with Crippen molar-refractivity contribution in [2.45, 2.75) is 53.4 Å². The summed E-state index contributed by atoms with van der Waals surface area (Å²) in [5.41, 5.74) is 7.60. The molecule has 0 bridgehead atoms. The van der Waals surface area contributed by atoms with E-state index < -0.39 is 0 Å². The Hall–Kier alpha value is -1.96. The maximum atomic E-state index is 5.79. The Kier molecular flexibility index (Phi) is 5.58. The van der Waals surface area contributed by atoms with E-state index in [4.69, 9.17) is 9.47 Å². The molecule has 0 aliphatic heterocycles. The second-order valence-electron chi connectivity index (χ2n) is 7.15. The summed E-state index contributed by atoms with van der Waals surface area (Å²) in [6, 6.07) is 8.70. The Balaban J connectivity index is 2.90. The summed E-state index contributed by atoms with van der Waals surface area (Å²) in [6.07, 6.45) is 0. The highest BCUT2D eigenvalue weighted by Crippen LogP contribution is 2.44. The topological polar surface area (TPSA) is 18.5 Å². The van der Waals surface area contributed by atoms with Gasteiger partial charge in [0, 0.05) is 5.56 Å². The molecule has 0 heterocycles. The first kappa shape index (κ1) is 18.4. The number of aryl methyl sites for hydroxylation is 2. The summed E-state index contributed by atoms with van der Waals surface area (Å²) >= 11 is 0. The van der Waals surface area contributed by atoms with Crippen LogP contribution in [0.3, 0.4) is 0 Å². The molecule has 0 radical (unpaired) electrons. The zero-order valence-electron chi connectivity index (χ0n) is 16.3. The van der Waals surface area contributed by atoms with Crippen molar-refractivity contribution in [3.63, 3.8) is 0 Å². The molecule has 0 atom stereocenters. The van der Waals surface area contributed by atoms with Gasteiger partial charge in [-0.15, -0.1) is 0 Å². The van der Waals surface area contributed by atoms with Crippen molar-refractivity contribution in [3.8, 4) is 22.6 Å². The maximum absolute atomic E-state index is 5.79. The van der Waals surface area contributed by atoms with Crippen LogP contribution >= 0.6 is 0 Å². The van der Waals surface area contributed by atoms with Gasteiger partial charge >= 0.3 is 0 Å². The quantitative estimate of drug-likeness (QED) is 0.648. The monoisotopic (exact) mass is 326 g/mol. The molecule has 0 aliphatic carbocycles. The van der Waals surface area contributed by atoms with Gasteiger partial charge in [-0.05, 0) is 71.7 Å². The van der Waals surface area contributed by atoms with Gasteiger partial charge in [-0.1, -0.05) is 33.8 Å². The third kappa shape index (κ3) is 3.43. The average molecular weight is 326 g/mol. The van der Waals surface area contributed by atoms with Crippen molar-refractivity contribution in [1.29, 1.82) is 0 Å². The molecule has 2 heteroatoms. The van der Waals surface area contributed by atoms with Gasteiger partial charge in [0.1, 0.15) is 11.5 Å². The van der Waals surface area contributed by atoms with Crippen LogP contribution in [0.25, 0.3) is 11.1 Å². The first-order valence-corrected chi connectivity index (χ1v) is 8.67. The minimum absolute atomic E-state index is 0.403. The largest absolute Gasteiger partial charge is 0.497 e. The Morgan fingerprint density at radius 2 is 1.29 bits per heavy atom. The zero-order valence-corrected chi connectivity index (χ0v) is 16.3. The first-order chi connectivity index (χ1) is 11.3. The fourth-order valence-electron chi connectivity index (χ4n) is 3.36. The molecule has 0 saturated carbocycles. The number of hydrogen-bond acceptors (Lipinski definition) is 2. The predicted octanol–water partition coefficient (Wildman–Crippen LogP) is 6.23. The van der Waals surface area contributed by atoms with Crippen LogP contribution in [-0.2, 0) is 0 Å². The van der Waals surface area contributed by atoms with E-state index in [1.165, 1.54) is 33.4 Å². The highest BCUT2D eigenvalue weighted by molar-refractivity contribution is 5.81. The molecular formula is C22H30O2. The predicted molar refractivity (Wildman–Crippen MR) is 103 cm³/mol. The van der Waals surface area contributed by atoms with E-state index in [1.54, 1.807) is 14.2 Å². The van der Waals surface area contributed by atoms with Crippen molar-refractivity contribution in [2.75, 3.05) is 14.2 Å². The molecule has 130 valence electrons. The Morgan fingerprint density at radius 1 is 0.708 bits per heavy atom. The van der Waals surface area contributed by atoms with E-state index in [0.29, 0.717) is 11.8 Å². The second-order valence-corrected chi connectivity index (χ2v) is 7.15. The lowest BCUT2D eigenvalue weighted by molar-refractivity contribution is 0.413. The molecule has 0 unspecified atom stereocenters. The molecule has 0 N–H and O–H groups in total. The summed E-state index contributed by atoms with van der Waals surface area (Å²) in [5, 5.41) is 0. The van der Waals surface area contributed by atoms with E-state index in [1.807, 2.05) is 0 Å². The molecule has 0 fully saturated rings. The molecule has 0 spiro atoms. The molecule has 2 nitrogen and oxygen atoms in total. The van der Waals surface area contributed by atoms with Crippen molar-refractivity contribution in [3.05, 3.63) is 46.5 Å². The van der Waals surface area contributed by atoms with Gasteiger partial charge in [-0.2, -0.15) is 0 Å². The van der Waals surface area contributed by atoms with Crippen LogP contribution in [0.2, 0.25) is 0 Å². The fraction of sp³-hybridized carbons (Fsp3) is 0.455. The molecular weight excluding hydrogens is 296 g/mol. The molecule has 0 aromatic heterocycles. The third-order valence-corrected chi connectivity index (χ3v) is 4.57. The summed E-state index contributed by atoms with van der Waals surface area (Å²) in [5.74, 6) is 2.70. The highest BCUT2D eigenvalue weighted by atomic mass is 16.5. The van der Waals surface area contributed by atoms with E-state index in [0.717, 1.165) is 11.5 Å². The molecule has 2 aromatic carbocycles. The van der Waals surface area contributed by atoms with Gasteiger partial charge in [0.25, 0.3) is 0 Å². The highest BCUT2D eigenvalue weighted by Gasteiger charge is 2.21. The second kappa shape index (κ2) is 7.29. The minimum atomic E-state index is 0.403. The SMILES string of the molecule is COc1cc(C)c(-c2c(OC)cc(C)cc2C(C)C)c(C(C)C)c1. The molecule has 24 heavy (non-hydrogen) atoms. The normalized spacial score (nSPS) is 11.2. The lowest BCUT2D eigenvalue weighted by Gasteiger charge is -2.24. The van der Waals surface area contributed by atoms with Gasteiger partial charge < -0.3 is 9.47 Å². The van der Waals surface area contributed by atoms with E-state index in [-0.39, 0.29) is 0 Å². The lowest BCUT2D eigenvalue weighted by Crippen LogP contribution is -2.03. The number of ether oxygens (including phenoxy) is 2. The van der Waals surface area contributed by atoms with Crippen molar-refractivity contribution < 1.29 is 9.47 Å². The van der Waals surface area contributed by atoms with Gasteiger partial charge in [-0.25, -0.2) is 0 Å². The number of hydrogen-bond donors (Lipinski definition) is 0. The van der Waals surface area contributed by atoms with Gasteiger partial charge in [0.15, 0.2) is 0 Å². The third-order valence-electron chi connectivity index (χ3n) is 4.57. The standard InChI is InChI=1S/C22H30O2/c1-13(2)18-9-15(5)10-20(24-8)22(18)21-16(6)11-17(23-7)12-19(21)14(3)4/h9-14H,1-8H3. The van der Waals surface area contributed by atoms with Gasteiger partial charge in [-0.3, -0.25) is 0 Å². The smallest absolute Gasteiger partial charge is 0.127 e. The molecule has 0 amide bonds. The summed E-state index contributed by atoms with van der Waals surface area (Å²) < 4.78 is 11.3. The molecule has 0 saturated heterocycles. The number of benzene rings is 2. The molecule has 2 rings (SSSR count). The van der Waals surface area contributed by atoms with Crippen molar-refractivity contribution >= 4 is 0 Å². The fourth-order valence-corrected chi connectivity index (χ4v) is 3.36. The maximum Gasteiger partial charge on any atom is 0.127 e. The van der Waals surface area contributed by atoms with E-state index >= 15 is 0 Å². The number of rotatable bonds is 5. The summed E-state index contributed by atoms with van der Waals surface area (Å²) in [4.78, 5) is 0. The lowest BCUT2D eigenvalue weighted by atomic mass is 9.83. The minimum Gasteiger partial charge on any atom is -0.497 e. The first-order valence-electron chi connectivity index (χ1n) is 8.67. The van der Waals surface area contributed by atoms with Crippen LogP contribution < -0.4 is 9.47 Å². The van der Waals surface area contributed by atoms with Crippen LogP contribution in [0.5, 0.6) is 11.5 Å². The van der Waals surface area contributed by atoms with E-state index in [9.17, 15) is 0 Å². The van der Waals surface area contributed by atoms with Crippen molar-refractivity contribution in [2.24, 2.45) is 0 Å². The molecule has 2 aromatic rings.